The lowest BCUT2D eigenvalue weighted by atomic mass is 10.1. The smallest absolute Gasteiger partial charge is 0.240 e. The zero-order valence-electron chi connectivity index (χ0n) is 13.1. The molecule has 0 fully saturated rings. The molecule has 1 rings (SSSR count). The average Bonchev–Trinajstić information content (AvgIpc) is 2.99. The highest BCUT2D eigenvalue weighted by molar-refractivity contribution is 7.08. The van der Waals surface area contributed by atoms with Crippen molar-refractivity contribution < 1.29 is 4.79 Å². The second kappa shape index (κ2) is 12.6. The number of nitrogens with zero attached hydrogens (tertiary/aromatic N) is 1. The molecule has 1 heterocycles. The third kappa shape index (κ3) is 10.2. The number of rotatable bonds is 12. The highest BCUT2D eigenvalue weighted by Gasteiger charge is 1.99. The van der Waals surface area contributed by atoms with Gasteiger partial charge in [0.1, 0.15) is 0 Å². The van der Waals surface area contributed by atoms with Gasteiger partial charge in [0.05, 0.1) is 6.21 Å². The van der Waals surface area contributed by atoms with E-state index in [0.717, 1.165) is 18.4 Å². The second-order valence-corrected chi connectivity index (χ2v) is 6.21. The van der Waals surface area contributed by atoms with Gasteiger partial charge < -0.3 is 0 Å². The first kappa shape index (κ1) is 17.9. The van der Waals surface area contributed by atoms with Gasteiger partial charge in [-0.2, -0.15) is 16.4 Å². The first-order chi connectivity index (χ1) is 10.3. The van der Waals surface area contributed by atoms with Gasteiger partial charge in [0, 0.05) is 12.0 Å². The Labute approximate surface area is 132 Å². The van der Waals surface area contributed by atoms with Crippen LogP contribution in [0.25, 0.3) is 0 Å². The Hall–Kier alpha value is -1.16. The molecule has 0 saturated carbocycles. The van der Waals surface area contributed by atoms with Crippen LogP contribution in [0.3, 0.4) is 0 Å². The van der Waals surface area contributed by atoms with E-state index in [2.05, 4.69) is 17.5 Å². The van der Waals surface area contributed by atoms with Crippen LogP contribution in [0.2, 0.25) is 0 Å². The van der Waals surface area contributed by atoms with Gasteiger partial charge in [-0.3, -0.25) is 4.79 Å². The molecule has 0 aromatic carbocycles. The molecule has 1 N–H and O–H groups in total. The maximum Gasteiger partial charge on any atom is 0.240 e. The van der Waals surface area contributed by atoms with Crippen molar-refractivity contribution in [2.24, 2.45) is 5.10 Å². The van der Waals surface area contributed by atoms with E-state index in [9.17, 15) is 4.79 Å². The van der Waals surface area contributed by atoms with E-state index in [0.29, 0.717) is 6.42 Å². The van der Waals surface area contributed by atoms with Gasteiger partial charge in [0.15, 0.2) is 0 Å². The molecule has 118 valence electrons. The van der Waals surface area contributed by atoms with Crippen molar-refractivity contribution in [2.75, 3.05) is 0 Å². The van der Waals surface area contributed by atoms with Crippen LogP contribution in [0.1, 0.15) is 76.7 Å². The number of carbonyl (C=O) groups excluding carboxylic acids is 1. The first-order valence-corrected chi connectivity index (χ1v) is 9.11. The van der Waals surface area contributed by atoms with Gasteiger partial charge in [-0.15, -0.1) is 0 Å². The molecule has 0 bridgehead atoms. The molecule has 3 nitrogen and oxygen atoms in total. The Bertz CT molecular complexity index is 388. The minimum absolute atomic E-state index is 0.0180. The van der Waals surface area contributed by atoms with E-state index in [1.807, 2.05) is 16.8 Å². The minimum atomic E-state index is 0.0180. The summed E-state index contributed by atoms with van der Waals surface area (Å²) in [6.07, 6.45) is 13.7. The van der Waals surface area contributed by atoms with E-state index in [1.54, 1.807) is 17.6 Å². The molecule has 0 atom stereocenters. The standard InChI is InChI=1S/C17H28N2OS/c1-2-3-4-5-6-7-8-9-10-11-17(20)19-18-14-16-12-13-21-15-16/h12-15H,2-11H2,1H3,(H,19,20)/b18-14+. The number of hydrazone groups is 1. The fourth-order valence-electron chi connectivity index (χ4n) is 2.18. The number of hydrogen-bond acceptors (Lipinski definition) is 3. The number of thiophene rings is 1. The molecular formula is C17H28N2OS. The minimum Gasteiger partial charge on any atom is -0.273 e. The molecule has 1 aromatic heterocycles. The molecule has 21 heavy (non-hydrogen) atoms. The summed E-state index contributed by atoms with van der Waals surface area (Å²) >= 11 is 1.62. The normalized spacial score (nSPS) is 11.1. The van der Waals surface area contributed by atoms with Crippen molar-refractivity contribution in [1.29, 1.82) is 0 Å². The van der Waals surface area contributed by atoms with E-state index in [4.69, 9.17) is 0 Å². The zero-order chi connectivity index (χ0) is 15.2. The highest BCUT2D eigenvalue weighted by Crippen LogP contribution is 2.10. The van der Waals surface area contributed by atoms with Gasteiger partial charge in [-0.25, -0.2) is 5.43 Å². The van der Waals surface area contributed by atoms with Crippen LogP contribution in [0.5, 0.6) is 0 Å². The fraction of sp³-hybridized carbons (Fsp3) is 0.647. The van der Waals surface area contributed by atoms with Crippen LogP contribution in [0.15, 0.2) is 21.9 Å². The lowest BCUT2D eigenvalue weighted by Gasteiger charge is -2.02. The second-order valence-electron chi connectivity index (χ2n) is 5.43. The summed E-state index contributed by atoms with van der Waals surface area (Å²) in [6.45, 7) is 2.25. The largest absolute Gasteiger partial charge is 0.273 e. The van der Waals surface area contributed by atoms with Gasteiger partial charge >= 0.3 is 0 Å². The highest BCUT2D eigenvalue weighted by atomic mass is 32.1. The van der Waals surface area contributed by atoms with E-state index < -0.39 is 0 Å². The topological polar surface area (TPSA) is 41.5 Å². The van der Waals surface area contributed by atoms with Crippen LogP contribution in [-0.2, 0) is 4.79 Å². The molecule has 0 aliphatic heterocycles. The molecular weight excluding hydrogens is 280 g/mol. The Morgan fingerprint density at radius 3 is 2.43 bits per heavy atom. The Morgan fingerprint density at radius 1 is 1.14 bits per heavy atom. The summed E-state index contributed by atoms with van der Waals surface area (Å²) < 4.78 is 0. The Balaban J connectivity index is 1.89. The molecule has 0 radical (unpaired) electrons. The molecule has 0 spiro atoms. The van der Waals surface area contributed by atoms with Gasteiger partial charge in [0.25, 0.3) is 0 Å². The summed E-state index contributed by atoms with van der Waals surface area (Å²) in [5.41, 5.74) is 3.61. The monoisotopic (exact) mass is 308 g/mol. The van der Waals surface area contributed by atoms with Crippen LogP contribution in [-0.4, -0.2) is 12.1 Å². The van der Waals surface area contributed by atoms with Gasteiger partial charge in [0.2, 0.25) is 5.91 Å². The molecule has 4 heteroatoms. The summed E-state index contributed by atoms with van der Waals surface area (Å²) in [5, 5.41) is 7.94. The number of hydrogen-bond donors (Lipinski definition) is 1. The lowest BCUT2D eigenvalue weighted by Crippen LogP contribution is -2.16. The number of amides is 1. The third-order valence-corrected chi connectivity index (χ3v) is 4.15. The Morgan fingerprint density at radius 2 is 1.81 bits per heavy atom. The number of carbonyl (C=O) groups is 1. The van der Waals surface area contributed by atoms with E-state index in [1.165, 1.54) is 44.9 Å². The number of nitrogens with one attached hydrogen (secondary N) is 1. The third-order valence-electron chi connectivity index (χ3n) is 3.45. The van der Waals surface area contributed by atoms with Crippen molar-refractivity contribution in [3.63, 3.8) is 0 Å². The molecule has 0 saturated heterocycles. The van der Waals surface area contributed by atoms with Crippen molar-refractivity contribution in [2.45, 2.75) is 71.1 Å². The zero-order valence-corrected chi connectivity index (χ0v) is 14.0. The molecule has 1 aromatic rings. The van der Waals surface area contributed by atoms with Gasteiger partial charge in [-0.1, -0.05) is 58.3 Å². The van der Waals surface area contributed by atoms with Crippen molar-refractivity contribution in [3.8, 4) is 0 Å². The maximum atomic E-state index is 11.6. The first-order valence-electron chi connectivity index (χ1n) is 8.17. The van der Waals surface area contributed by atoms with Crippen molar-refractivity contribution in [1.82, 2.24) is 5.43 Å². The van der Waals surface area contributed by atoms with Crippen LogP contribution >= 0.6 is 11.3 Å². The van der Waals surface area contributed by atoms with Crippen LogP contribution in [0.4, 0.5) is 0 Å². The summed E-state index contributed by atoms with van der Waals surface area (Å²) in [4.78, 5) is 11.6. The number of unbranched alkanes of at least 4 members (excludes halogenated alkanes) is 8. The lowest BCUT2D eigenvalue weighted by molar-refractivity contribution is -0.121. The Kier molecular flexibility index (Phi) is 10.7. The van der Waals surface area contributed by atoms with Crippen LogP contribution < -0.4 is 5.43 Å². The van der Waals surface area contributed by atoms with Crippen molar-refractivity contribution in [3.05, 3.63) is 22.4 Å². The summed E-state index contributed by atoms with van der Waals surface area (Å²) in [7, 11) is 0. The van der Waals surface area contributed by atoms with E-state index >= 15 is 0 Å². The van der Waals surface area contributed by atoms with Gasteiger partial charge in [-0.05, 0) is 23.2 Å². The summed E-state index contributed by atoms with van der Waals surface area (Å²) in [5.74, 6) is 0.0180. The van der Waals surface area contributed by atoms with Crippen molar-refractivity contribution >= 4 is 23.5 Å². The molecule has 0 aliphatic rings. The average molecular weight is 308 g/mol. The SMILES string of the molecule is CCCCCCCCCCCC(=O)N/N=C/c1ccsc1. The predicted molar refractivity (Wildman–Crippen MR) is 91.9 cm³/mol. The maximum absolute atomic E-state index is 11.6. The predicted octanol–water partition coefficient (Wildman–Crippen LogP) is 5.12. The molecule has 0 unspecified atom stereocenters. The van der Waals surface area contributed by atoms with E-state index in [-0.39, 0.29) is 5.91 Å². The molecule has 1 amide bonds. The van der Waals surface area contributed by atoms with Crippen LogP contribution in [0, 0.1) is 0 Å². The quantitative estimate of drug-likeness (QED) is 0.325. The fourth-order valence-corrected chi connectivity index (χ4v) is 2.79. The molecule has 0 aliphatic carbocycles. The summed E-state index contributed by atoms with van der Waals surface area (Å²) in [6, 6.07) is 1.97.